The van der Waals surface area contributed by atoms with Gasteiger partial charge in [0.25, 0.3) is 5.91 Å². The second kappa shape index (κ2) is 5.86. The number of aromatic nitrogens is 2. The lowest BCUT2D eigenvalue weighted by Gasteiger charge is -2.09. The van der Waals surface area contributed by atoms with Gasteiger partial charge < -0.3 is 5.32 Å². The molecule has 98 valence electrons. The molecule has 19 heavy (non-hydrogen) atoms. The first-order valence-electron chi connectivity index (χ1n) is 5.22. The number of anilines is 1. The zero-order valence-corrected chi connectivity index (χ0v) is 12.8. The highest BCUT2D eigenvalue weighted by Gasteiger charge is 2.14. The molecule has 0 spiro atoms. The molecule has 0 fully saturated rings. The third-order valence-electron chi connectivity index (χ3n) is 2.43. The maximum Gasteiger partial charge on any atom is 0.256 e. The molecule has 0 atom stereocenters. The number of carbonyl (C=O) groups excluding carboxylic acids is 1. The summed E-state index contributed by atoms with van der Waals surface area (Å²) in [5.41, 5.74) is 1.56. The lowest BCUT2D eigenvalue weighted by Crippen LogP contribution is -2.14. The van der Waals surface area contributed by atoms with Crippen molar-refractivity contribution in [1.82, 2.24) is 9.97 Å². The molecule has 7 heteroatoms. The van der Waals surface area contributed by atoms with Crippen molar-refractivity contribution < 1.29 is 4.79 Å². The molecule has 1 N–H and O–H groups in total. The summed E-state index contributed by atoms with van der Waals surface area (Å²) in [4.78, 5) is 19.7. The van der Waals surface area contributed by atoms with Gasteiger partial charge >= 0.3 is 0 Å². The molecular formula is C12H8BrCl2N3O. The molecule has 1 amide bonds. The number of aryl methyl sites for hydroxylation is 1. The van der Waals surface area contributed by atoms with E-state index in [2.05, 4.69) is 31.2 Å². The van der Waals surface area contributed by atoms with Crippen LogP contribution in [-0.4, -0.2) is 15.9 Å². The lowest BCUT2D eigenvalue weighted by atomic mass is 10.1. The summed E-state index contributed by atoms with van der Waals surface area (Å²) in [5.74, 6) is -0.316. The Labute approximate surface area is 128 Å². The zero-order chi connectivity index (χ0) is 14.0. The largest absolute Gasteiger partial charge is 0.317 e. The van der Waals surface area contributed by atoms with Gasteiger partial charge in [-0.15, -0.1) is 0 Å². The van der Waals surface area contributed by atoms with E-state index in [0.717, 1.165) is 10.0 Å². The summed E-state index contributed by atoms with van der Waals surface area (Å²) >= 11 is 15.1. The predicted molar refractivity (Wildman–Crippen MR) is 78.9 cm³/mol. The second-order valence-corrected chi connectivity index (χ2v) is 5.38. The molecule has 0 unspecified atom stereocenters. The van der Waals surface area contributed by atoms with Gasteiger partial charge in [-0.2, -0.15) is 0 Å². The molecule has 0 aliphatic carbocycles. The third-order valence-corrected chi connectivity index (χ3v) is 3.49. The number of rotatable bonds is 2. The maximum absolute atomic E-state index is 12.2. The quantitative estimate of drug-likeness (QED) is 0.820. The minimum absolute atomic E-state index is 0.100. The first kappa shape index (κ1) is 14.2. The van der Waals surface area contributed by atoms with Crippen molar-refractivity contribution in [1.29, 1.82) is 0 Å². The van der Waals surface area contributed by atoms with Crippen LogP contribution in [0, 0.1) is 6.92 Å². The van der Waals surface area contributed by atoms with Crippen LogP contribution >= 0.6 is 39.1 Å². The van der Waals surface area contributed by atoms with E-state index in [1.165, 1.54) is 6.33 Å². The summed E-state index contributed by atoms with van der Waals surface area (Å²) in [6, 6.07) is 5.34. The highest BCUT2D eigenvalue weighted by Crippen LogP contribution is 2.26. The Morgan fingerprint density at radius 2 is 1.89 bits per heavy atom. The predicted octanol–water partition coefficient (Wildman–Crippen LogP) is 4.11. The molecule has 4 nitrogen and oxygen atoms in total. The molecule has 1 heterocycles. The van der Waals surface area contributed by atoms with E-state index in [1.54, 1.807) is 12.1 Å². The number of hydrogen-bond donors (Lipinski definition) is 1. The fourth-order valence-electron chi connectivity index (χ4n) is 1.51. The van der Waals surface area contributed by atoms with Gasteiger partial charge in [0.05, 0.1) is 0 Å². The van der Waals surface area contributed by atoms with Gasteiger partial charge in [0, 0.05) is 10.0 Å². The molecule has 1 aromatic carbocycles. The Balaban J connectivity index is 2.31. The maximum atomic E-state index is 12.2. The highest BCUT2D eigenvalue weighted by molar-refractivity contribution is 9.10. The van der Waals surface area contributed by atoms with E-state index in [-0.39, 0.29) is 21.9 Å². The van der Waals surface area contributed by atoms with Crippen LogP contribution in [0.1, 0.15) is 15.9 Å². The number of amides is 1. The summed E-state index contributed by atoms with van der Waals surface area (Å²) in [6.45, 7) is 1.84. The van der Waals surface area contributed by atoms with Gasteiger partial charge in [-0.05, 0) is 30.7 Å². The molecule has 0 saturated carbocycles. The van der Waals surface area contributed by atoms with E-state index >= 15 is 0 Å². The summed E-state index contributed by atoms with van der Waals surface area (Å²) in [6.07, 6.45) is 1.23. The number of nitrogens with one attached hydrogen (secondary N) is 1. The fraction of sp³-hybridized carbons (Fsp3) is 0.0833. The fourth-order valence-corrected chi connectivity index (χ4v) is 2.40. The van der Waals surface area contributed by atoms with Gasteiger partial charge in [0.1, 0.15) is 12.0 Å². The van der Waals surface area contributed by atoms with Gasteiger partial charge in [-0.1, -0.05) is 39.1 Å². The van der Waals surface area contributed by atoms with E-state index in [0.29, 0.717) is 5.56 Å². The van der Waals surface area contributed by atoms with Crippen molar-refractivity contribution in [2.24, 2.45) is 0 Å². The van der Waals surface area contributed by atoms with E-state index in [1.807, 2.05) is 13.0 Å². The molecule has 0 aliphatic rings. The van der Waals surface area contributed by atoms with Crippen LogP contribution in [0.4, 0.5) is 5.69 Å². The van der Waals surface area contributed by atoms with E-state index in [9.17, 15) is 4.79 Å². The topological polar surface area (TPSA) is 54.9 Å². The SMILES string of the molecule is Cc1cc(Br)ccc1C(=O)Nc1c(Cl)ncnc1Cl. The molecule has 0 saturated heterocycles. The molecule has 0 aliphatic heterocycles. The normalized spacial score (nSPS) is 10.3. The van der Waals surface area contributed by atoms with Gasteiger partial charge in [-0.3, -0.25) is 4.79 Å². The van der Waals surface area contributed by atoms with Crippen LogP contribution < -0.4 is 5.32 Å². The van der Waals surface area contributed by atoms with Crippen molar-refractivity contribution in [2.45, 2.75) is 6.92 Å². The summed E-state index contributed by atoms with van der Waals surface area (Å²) in [7, 11) is 0. The molecule has 0 radical (unpaired) electrons. The van der Waals surface area contributed by atoms with Gasteiger partial charge in [0.15, 0.2) is 10.3 Å². The molecule has 2 aromatic rings. The van der Waals surface area contributed by atoms with E-state index < -0.39 is 0 Å². The number of carbonyl (C=O) groups is 1. The molecule has 2 rings (SSSR count). The Morgan fingerprint density at radius 3 is 2.47 bits per heavy atom. The Morgan fingerprint density at radius 1 is 1.26 bits per heavy atom. The number of hydrogen-bond acceptors (Lipinski definition) is 3. The van der Waals surface area contributed by atoms with Crippen LogP contribution in [0.25, 0.3) is 0 Å². The lowest BCUT2D eigenvalue weighted by molar-refractivity contribution is 0.102. The number of nitrogens with zero attached hydrogens (tertiary/aromatic N) is 2. The first-order valence-corrected chi connectivity index (χ1v) is 6.77. The summed E-state index contributed by atoms with van der Waals surface area (Å²) in [5, 5.41) is 2.81. The highest BCUT2D eigenvalue weighted by atomic mass is 79.9. The summed E-state index contributed by atoms with van der Waals surface area (Å²) < 4.78 is 0.903. The molecule has 0 bridgehead atoms. The number of halogens is 3. The standard InChI is InChI=1S/C12H8BrCl2N3O/c1-6-4-7(13)2-3-8(6)12(19)18-9-10(14)16-5-17-11(9)15/h2-5H,1H3,(H,18,19). The Hall–Kier alpha value is -1.17. The Bertz CT molecular complexity index is 629. The van der Waals surface area contributed by atoms with Crippen molar-refractivity contribution in [3.8, 4) is 0 Å². The van der Waals surface area contributed by atoms with Crippen molar-refractivity contribution in [2.75, 3.05) is 5.32 Å². The van der Waals surface area contributed by atoms with Crippen molar-refractivity contribution >= 4 is 50.7 Å². The zero-order valence-electron chi connectivity index (χ0n) is 9.75. The first-order chi connectivity index (χ1) is 8.99. The number of benzene rings is 1. The molecular weight excluding hydrogens is 353 g/mol. The van der Waals surface area contributed by atoms with E-state index in [4.69, 9.17) is 23.2 Å². The smallest absolute Gasteiger partial charge is 0.256 e. The van der Waals surface area contributed by atoms with Crippen LogP contribution in [-0.2, 0) is 0 Å². The average molecular weight is 361 g/mol. The second-order valence-electron chi connectivity index (χ2n) is 3.74. The van der Waals surface area contributed by atoms with Gasteiger partial charge in [0.2, 0.25) is 0 Å². The van der Waals surface area contributed by atoms with Crippen molar-refractivity contribution in [3.05, 3.63) is 50.4 Å². The monoisotopic (exact) mass is 359 g/mol. The van der Waals surface area contributed by atoms with Gasteiger partial charge in [-0.25, -0.2) is 9.97 Å². The van der Waals surface area contributed by atoms with Crippen LogP contribution in [0.15, 0.2) is 29.0 Å². The van der Waals surface area contributed by atoms with Crippen LogP contribution in [0.2, 0.25) is 10.3 Å². The molecule has 1 aromatic heterocycles. The van der Waals surface area contributed by atoms with Crippen LogP contribution in [0.3, 0.4) is 0 Å². The Kier molecular flexibility index (Phi) is 4.39. The average Bonchev–Trinajstić information content (AvgIpc) is 2.33. The van der Waals surface area contributed by atoms with Crippen LogP contribution in [0.5, 0.6) is 0 Å². The minimum Gasteiger partial charge on any atom is -0.317 e. The van der Waals surface area contributed by atoms with Crippen molar-refractivity contribution in [3.63, 3.8) is 0 Å². The third kappa shape index (κ3) is 3.23. The minimum atomic E-state index is -0.316.